The fourth-order valence-corrected chi connectivity index (χ4v) is 4.32. The number of fused-ring (bicyclic) bond motifs is 2. The van der Waals surface area contributed by atoms with Crippen LogP contribution in [0.5, 0.6) is 0 Å². The monoisotopic (exact) mass is 279 g/mol. The Morgan fingerprint density at radius 3 is 2.45 bits per heavy atom. The van der Waals surface area contributed by atoms with Gasteiger partial charge in [0.15, 0.2) is 0 Å². The van der Waals surface area contributed by atoms with E-state index in [1.54, 1.807) is 0 Å². The third-order valence-electron chi connectivity index (χ3n) is 5.39. The molecule has 0 spiro atoms. The van der Waals surface area contributed by atoms with Crippen molar-refractivity contribution in [2.45, 2.75) is 70.0 Å². The molecule has 3 fully saturated rings. The van der Waals surface area contributed by atoms with Gasteiger partial charge < -0.3 is 15.1 Å². The Balaban J connectivity index is 1.51. The lowest BCUT2D eigenvalue weighted by Crippen LogP contribution is -2.50. The first-order valence-corrected chi connectivity index (χ1v) is 8.54. The Morgan fingerprint density at radius 1 is 1.20 bits per heavy atom. The van der Waals surface area contributed by atoms with Gasteiger partial charge in [0.25, 0.3) is 0 Å². The van der Waals surface area contributed by atoms with Crippen molar-refractivity contribution in [3.05, 3.63) is 0 Å². The van der Waals surface area contributed by atoms with E-state index < -0.39 is 0 Å². The molecule has 0 saturated carbocycles. The second kappa shape index (κ2) is 6.44. The predicted octanol–water partition coefficient (Wildman–Crippen LogP) is 1.60. The molecule has 3 rings (SSSR count). The third kappa shape index (κ3) is 3.17. The highest BCUT2D eigenvalue weighted by atomic mass is 16.2. The number of hydrogen-bond donors (Lipinski definition) is 1. The molecular weight excluding hydrogens is 250 g/mol. The van der Waals surface area contributed by atoms with Crippen molar-refractivity contribution in [2.75, 3.05) is 26.2 Å². The predicted molar refractivity (Wildman–Crippen MR) is 80.6 cm³/mol. The Labute approximate surface area is 122 Å². The second-order valence-electron chi connectivity index (χ2n) is 6.74. The number of carbonyl (C=O) groups excluding carboxylic acids is 1. The molecule has 1 N–H and O–H groups in total. The molecule has 3 heterocycles. The highest BCUT2D eigenvalue weighted by Crippen LogP contribution is 2.30. The van der Waals surface area contributed by atoms with Crippen LogP contribution < -0.4 is 5.32 Å². The van der Waals surface area contributed by atoms with Crippen LogP contribution in [0.3, 0.4) is 0 Å². The molecule has 3 aliphatic heterocycles. The molecule has 1 amide bonds. The van der Waals surface area contributed by atoms with Crippen molar-refractivity contribution in [2.24, 2.45) is 0 Å². The van der Waals surface area contributed by atoms with E-state index in [-0.39, 0.29) is 0 Å². The molecule has 2 atom stereocenters. The zero-order valence-corrected chi connectivity index (χ0v) is 12.8. The number of nitrogens with zero attached hydrogens (tertiary/aromatic N) is 2. The van der Waals surface area contributed by atoms with Gasteiger partial charge in [0, 0.05) is 37.6 Å². The van der Waals surface area contributed by atoms with Crippen molar-refractivity contribution >= 4 is 5.91 Å². The van der Waals surface area contributed by atoms with Gasteiger partial charge in [0.1, 0.15) is 0 Å². The highest BCUT2D eigenvalue weighted by molar-refractivity contribution is 5.76. The van der Waals surface area contributed by atoms with Gasteiger partial charge in [-0.15, -0.1) is 0 Å². The zero-order valence-electron chi connectivity index (χ0n) is 12.8. The summed E-state index contributed by atoms with van der Waals surface area (Å²) in [5, 5.41) is 3.67. The number of likely N-dealkylation sites (tertiary alicyclic amines) is 1. The second-order valence-corrected chi connectivity index (χ2v) is 6.74. The fraction of sp³-hybridized carbons (Fsp3) is 0.938. The van der Waals surface area contributed by atoms with Crippen LogP contribution in [0.15, 0.2) is 0 Å². The van der Waals surface area contributed by atoms with Crippen LogP contribution in [0.4, 0.5) is 0 Å². The molecule has 3 aliphatic rings. The van der Waals surface area contributed by atoms with E-state index in [2.05, 4.69) is 22.0 Å². The standard InChI is InChI=1S/C16H29N3O/c1-2-19(15-11-13-5-6-14(12-15)17-13)16(20)7-10-18-8-3-4-9-18/h13-15,17H,2-12H2,1H3. The molecule has 0 aromatic heterocycles. The molecule has 0 radical (unpaired) electrons. The zero-order chi connectivity index (χ0) is 13.9. The Morgan fingerprint density at radius 2 is 1.85 bits per heavy atom. The van der Waals surface area contributed by atoms with Gasteiger partial charge >= 0.3 is 0 Å². The number of carbonyl (C=O) groups is 1. The lowest BCUT2D eigenvalue weighted by Gasteiger charge is -2.37. The van der Waals surface area contributed by atoms with Crippen LogP contribution in [-0.2, 0) is 4.79 Å². The number of nitrogens with one attached hydrogen (secondary N) is 1. The first-order chi connectivity index (χ1) is 9.76. The molecular formula is C16H29N3O. The van der Waals surface area contributed by atoms with E-state index in [4.69, 9.17) is 0 Å². The smallest absolute Gasteiger partial charge is 0.224 e. The molecule has 4 nitrogen and oxygen atoms in total. The van der Waals surface area contributed by atoms with E-state index in [0.29, 0.717) is 30.5 Å². The summed E-state index contributed by atoms with van der Waals surface area (Å²) in [4.78, 5) is 17.2. The lowest BCUT2D eigenvalue weighted by molar-refractivity contribution is -0.134. The average Bonchev–Trinajstić information content (AvgIpc) is 3.07. The summed E-state index contributed by atoms with van der Waals surface area (Å²) in [6.07, 6.45) is 8.28. The van der Waals surface area contributed by atoms with Crippen molar-refractivity contribution in [3.63, 3.8) is 0 Å². The van der Waals surface area contributed by atoms with Crippen LogP contribution >= 0.6 is 0 Å². The molecule has 0 aromatic carbocycles. The largest absolute Gasteiger partial charge is 0.340 e. The topological polar surface area (TPSA) is 35.6 Å². The number of rotatable bonds is 5. The molecule has 0 aliphatic carbocycles. The van der Waals surface area contributed by atoms with Gasteiger partial charge in [0.05, 0.1) is 0 Å². The molecule has 20 heavy (non-hydrogen) atoms. The molecule has 114 valence electrons. The van der Waals surface area contributed by atoms with Gasteiger partial charge in [-0.3, -0.25) is 4.79 Å². The number of amides is 1. The van der Waals surface area contributed by atoms with Crippen molar-refractivity contribution in [1.29, 1.82) is 0 Å². The van der Waals surface area contributed by atoms with Crippen LogP contribution in [0.2, 0.25) is 0 Å². The average molecular weight is 279 g/mol. The van der Waals surface area contributed by atoms with E-state index in [9.17, 15) is 4.79 Å². The van der Waals surface area contributed by atoms with Gasteiger partial charge in [-0.25, -0.2) is 0 Å². The minimum atomic E-state index is 0.380. The Bertz CT molecular complexity index is 329. The first kappa shape index (κ1) is 14.3. The highest BCUT2D eigenvalue weighted by Gasteiger charge is 2.36. The van der Waals surface area contributed by atoms with Crippen molar-refractivity contribution < 1.29 is 4.79 Å². The summed E-state index contributed by atoms with van der Waals surface area (Å²) in [6.45, 7) is 6.36. The maximum absolute atomic E-state index is 12.5. The third-order valence-corrected chi connectivity index (χ3v) is 5.39. The van der Waals surface area contributed by atoms with Crippen molar-refractivity contribution in [1.82, 2.24) is 15.1 Å². The number of hydrogen-bond acceptors (Lipinski definition) is 3. The van der Waals surface area contributed by atoms with Crippen LogP contribution in [0, 0.1) is 0 Å². The Hall–Kier alpha value is -0.610. The summed E-state index contributed by atoms with van der Waals surface area (Å²) in [7, 11) is 0. The number of piperidine rings is 1. The van der Waals surface area contributed by atoms with Crippen LogP contribution in [0.25, 0.3) is 0 Å². The molecule has 2 unspecified atom stereocenters. The van der Waals surface area contributed by atoms with E-state index >= 15 is 0 Å². The first-order valence-electron chi connectivity index (χ1n) is 8.54. The van der Waals surface area contributed by atoms with Gasteiger partial charge in [-0.05, 0) is 58.5 Å². The summed E-state index contributed by atoms with van der Waals surface area (Å²) in [6, 6.07) is 1.82. The van der Waals surface area contributed by atoms with Gasteiger partial charge in [-0.1, -0.05) is 0 Å². The summed E-state index contributed by atoms with van der Waals surface area (Å²) < 4.78 is 0. The summed E-state index contributed by atoms with van der Waals surface area (Å²) >= 11 is 0. The van der Waals surface area contributed by atoms with Crippen LogP contribution in [-0.4, -0.2) is 60.0 Å². The van der Waals surface area contributed by atoms with Gasteiger partial charge in [0.2, 0.25) is 5.91 Å². The molecule has 3 saturated heterocycles. The SMILES string of the molecule is CCN(C(=O)CCN1CCCC1)C1CC2CCC(C1)N2. The van der Waals surface area contributed by atoms with E-state index in [0.717, 1.165) is 13.1 Å². The lowest BCUT2D eigenvalue weighted by atomic mass is 9.98. The maximum atomic E-state index is 12.5. The van der Waals surface area contributed by atoms with Crippen LogP contribution in [0.1, 0.15) is 51.9 Å². The molecule has 4 heteroatoms. The fourth-order valence-electron chi connectivity index (χ4n) is 4.32. The quantitative estimate of drug-likeness (QED) is 0.830. The molecule has 2 bridgehead atoms. The maximum Gasteiger partial charge on any atom is 0.224 e. The minimum absolute atomic E-state index is 0.380. The molecule has 0 aromatic rings. The Kier molecular flexibility index (Phi) is 4.61. The normalized spacial score (nSPS) is 33.5. The summed E-state index contributed by atoms with van der Waals surface area (Å²) in [5.41, 5.74) is 0. The summed E-state index contributed by atoms with van der Waals surface area (Å²) in [5.74, 6) is 0.380. The van der Waals surface area contributed by atoms with Gasteiger partial charge in [-0.2, -0.15) is 0 Å². The van der Waals surface area contributed by atoms with Crippen molar-refractivity contribution in [3.8, 4) is 0 Å². The van der Waals surface area contributed by atoms with E-state index in [1.807, 2.05) is 0 Å². The van der Waals surface area contributed by atoms with E-state index in [1.165, 1.54) is 51.6 Å². The minimum Gasteiger partial charge on any atom is -0.340 e.